The Labute approximate surface area is 79.3 Å². The Kier molecular flexibility index (Phi) is 4.18. The van der Waals surface area contributed by atoms with Gasteiger partial charge in [-0.3, -0.25) is 4.79 Å². The van der Waals surface area contributed by atoms with Crippen LogP contribution in [0.1, 0.15) is 19.3 Å². The van der Waals surface area contributed by atoms with Gasteiger partial charge in [-0.1, -0.05) is 0 Å². The molecule has 4 N–H and O–H groups in total. The van der Waals surface area contributed by atoms with Crippen molar-refractivity contribution in [2.24, 2.45) is 17.4 Å². The molecule has 4 nitrogen and oxygen atoms in total. The van der Waals surface area contributed by atoms with Crippen molar-refractivity contribution < 1.29 is 4.79 Å². The summed E-state index contributed by atoms with van der Waals surface area (Å²) in [5.41, 5.74) is 10.9. The number of carbonyl (C=O) groups is 1. The molecule has 1 heterocycles. The zero-order valence-corrected chi connectivity index (χ0v) is 8.04. The van der Waals surface area contributed by atoms with Crippen LogP contribution in [0.2, 0.25) is 0 Å². The molecule has 1 atom stereocenters. The summed E-state index contributed by atoms with van der Waals surface area (Å²) in [5, 5.41) is 0. The van der Waals surface area contributed by atoms with Crippen LogP contribution >= 0.6 is 0 Å². The molecule has 13 heavy (non-hydrogen) atoms. The molecule has 0 radical (unpaired) electrons. The van der Waals surface area contributed by atoms with E-state index in [1.807, 2.05) is 4.90 Å². The van der Waals surface area contributed by atoms with E-state index in [4.69, 9.17) is 11.5 Å². The quantitative estimate of drug-likeness (QED) is 0.569. The Hall–Kier alpha value is -0.610. The first-order valence-corrected chi connectivity index (χ1v) is 4.95. The van der Waals surface area contributed by atoms with Crippen molar-refractivity contribution >= 4 is 5.91 Å². The van der Waals surface area contributed by atoms with Crippen molar-refractivity contribution in [1.82, 2.24) is 4.90 Å². The molecule has 0 spiro atoms. The van der Waals surface area contributed by atoms with Crippen LogP contribution in [0.25, 0.3) is 0 Å². The Morgan fingerprint density at radius 2 is 2.15 bits per heavy atom. The van der Waals surface area contributed by atoms with Gasteiger partial charge in [0.2, 0.25) is 5.91 Å². The van der Waals surface area contributed by atoms with E-state index in [2.05, 4.69) is 0 Å². The SMILES string of the molecule is NCCCCN1CC(CN)CC1=O. The van der Waals surface area contributed by atoms with Gasteiger partial charge >= 0.3 is 0 Å². The molecule has 0 saturated carbocycles. The lowest BCUT2D eigenvalue weighted by molar-refractivity contribution is -0.127. The first-order chi connectivity index (χ1) is 6.27. The average molecular weight is 185 g/mol. The molecule has 1 unspecified atom stereocenters. The standard InChI is InChI=1S/C9H19N3O/c10-3-1-2-4-12-7-8(6-11)5-9(12)13/h8H,1-7,10-11H2. The van der Waals surface area contributed by atoms with Crippen LogP contribution < -0.4 is 11.5 Å². The maximum absolute atomic E-state index is 11.4. The maximum atomic E-state index is 11.4. The lowest BCUT2D eigenvalue weighted by Crippen LogP contribution is -2.27. The normalized spacial score (nSPS) is 22.8. The van der Waals surface area contributed by atoms with Crippen LogP contribution in [0.3, 0.4) is 0 Å². The third kappa shape index (κ3) is 2.97. The highest BCUT2D eigenvalue weighted by Crippen LogP contribution is 2.16. The van der Waals surface area contributed by atoms with Gasteiger partial charge in [0.05, 0.1) is 0 Å². The topological polar surface area (TPSA) is 72.3 Å². The fraction of sp³-hybridized carbons (Fsp3) is 0.889. The molecule has 4 heteroatoms. The van der Waals surface area contributed by atoms with E-state index in [-0.39, 0.29) is 5.91 Å². The Bertz CT molecular complexity index is 172. The monoisotopic (exact) mass is 185 g/mol. The lowest BCUT2D eigenvalue weighted by atomic mass is 10.1. The summed E-state index contributed by atoms with van der Waals surface area (Å²) in [5.74, 6) is 0.637. The van der Waals surface area contributed by atoms with Crippen LogP contribution in [0.4, 0.5) is 0 Å². The molecule has 0 aromatic heterocycles. The van der Waals surface area contributed by atoms with E-state index in [9.17, 15) is 4.79 Å². The summed E-state index contributed by atoms with van der Waals surface area (Å²) in [6.07, 6.45) is 2.65. The van der Waals surface area contributed by atoms with Crippen molar-refractivity contribution in [2.45, 2.75) is 19.3 Å². The van der Waals surface area contributed by atoms with Crippen molar-refractivity contribution in [1.29, 1.82) is 0 Å². The minimum absolute atomic E-state index is 0.257. The molecule has 1 saturated heterocycles. The van der Waals surface area contributed by atoms with Gasteiger partial charge in [-0.05, 0) is 31.8 Å². The van der Waals surface area contributed by atoms with Gasteiger partial charge in [0, 0.05) is 19.5 Å². The lowest BCUT2D eigenvalue weighted by Gasteiger charge is -2.15. The minimum atomic E-state index is 0.257. The first kappa shape index (κ1) is 10.5. The van der Waals surface area contributed by atoms with E-state index in [0.29, 0.717) is 25.4 Å². The molecule has 0 aromatic rings. The molecular weight excluding hydrogens is 166 g/mol. The molecular formula is C9H19N3O. The van der Waals surface area contributed by atoms with Crippen molar-refractivity contribution in [3.63, 3.8) is 0 Å². The number of nitrogens with two attached hydrogens (primary N) is 2. The maximum Gasteiger partial charge on any atom is 0.222 e. The molecule has 1 rings (SSSR count). The zero-order chi connectivity index (χ0) is 9.68. The van der Waals surface area contributed by atoms with E-state index in [1.165, 1.54) is 0 Å². The van der Waals surface area contributed by atoms with Crippen LogP contribution in [0, 0.1) is 5.92 Å². The van der Waals surface area contributed by atoms with Gasteiger partial charge in [0.1, 0.15) is 0 Å². The summed E-state index contributed by atoms with van der Waals surface area (Å²) in [4.78, 5) is 13.3. The van der Waals surface area contributed by atoms with Gasteiger partial charge < -0.3 is 16.4 Å². The summed E-state index contributed by atoms with van der Waals surface area (Å²) in [6.45, 7) is 3.04. The fourth-order valence-corrected chi connectivity index (χ4v) is 1.67. The number of nitrogens with zero attached hydrogens (tertiary/aromatic N) is 1. The first-order valence-electron chi connectivity index (χ1n) is 4.95. The fourth-order valence-electron chi connectivity index (χ4n) is 1.67. The minimum Gasteiger partial charge on any atom is -0.342 e. The largest absolute Gasteiger partial charge is 0.342 e. The number of carbonyl (C=O) groups excluding carboxylic acids is 1. The van der Waals surface area contributed by atoms with E-state index in [1.54, 1.807) is 0 Å². The third-order valence-electron chi connectivity index (χ3n) is 2.51. The second-order valence-electron chi connectivity index (χ2n) is 3.64. The van der Waals surface area contributed by atoms with Gasteiger partial charge in [-0.2, -0.15) is 0 Å². The van der Waals surface area contributed by atoms with Crippen molar-refractivity contribution in [3.8, 4) is 0 Å². The molecule has 1 fully saturated rings. The van der Waals surface area contributed by atoms with Crippen LogP contribution in [-0.4, -0.2) is 37.0 Å². The molecule has 0 bridgehead atoms. The van der Waals surface area contributed by atoms with Gasteiger partial charge in [0.25, 0.3) is 0 Å². The summed E-state index contributed by atoms with van der Waals surface area (Å²) < 4.78 is 0. The van der Waals surface area contributed by atoms with Crippen molar-refractivity contribution in [3.05, 3.63) is 0 Å². The number of likely N-dealkylation sites (tertiary alicyclic amines) is 1. The van der Waals surface area contributed by atoms with Crippen LogP contribution in [0.15, 0.2) is 0 Å². The van der Waals surface area contributed by atoms with Crippen molar-refractivity contribution in [2.75, 3.05) is 26.2 Å². The second-order valence-corrected chi connectivity index (χ2v) is 3.64. The Morgan fingerprint density at radius 3 is 2.69 bits per heavy atom. The molecule has 0 aromatic carbocycles. The van der Waals surface area contributed by atoms with Gasteiger partial charge in [-0.25, -0.2) is 0 Å². The zero-order valence-electron chi connectivity index (χ0n) is 8.04. The van der Waals surface area contributed by atoms with Crippen LogP contribution in [0.5, 0.6) is 0 Å². The molecule has 0 aliphatic carbocycles. The van der Waals surface area contributed by atoms with E-state index >= 15 is 0 Å². The van der Waals surface area contributed by atoms with E-state index < -0.39 is 0 Å². The Morgan fingerprint density at radius 1 is 1.38 bits per heavy atom. The highest BCUT2D eigenvalue weighted by Gasteiger charge is 2.27. The molecule has 76 valence electrons. The molecule has 1 aliphatic rings. The number of hydrogen-bond donors (Lipinski definition) is 2. The van der Waals surface area contributed by atoms with Gasteiger partial charge in [0.15, 0.2) is 0 Å². The summed E-state index contributed by atoms with van der Waals surface area (Å²) >= 11 is 0. The average Bonchev–Trinajstić information content (AvgIpc) is 2.48. The number of amides is 1. The third-order valence-corrected chi connectivity index (χ3v) is 2.51. The molecule has 1 aliphatic heterocycles. The summed E-state index contributed by atoms with van der Waals surface area (Å²) in [7, 11) is 0. The number of rotatable bonds is 5. The number of hydrogen-bond acceptors (Lipinski definition) is 3. The molecule has 1 amide bonds. The Balaban J connectivity index is 2.23. The smallest absolute Gasteiger partial charge is 0.222 e. The van der Waals surface area contributed by atoms with Gasteiger partial charge in [-0.15, -0.1) is 0 Å². The summed E-state index contributed by atoms with van der Waals surface area (Å²) in [6, 6.07) is 0. The van der Waals surface area contributed by atoms with Crippen LogP contribution in [-0.2, 0) is 4.79 Å². The predicted molar refractivity (Wildman–Crippen MR) is 52.0 cm³/mol. The van der Waals surface area contributed by atoms with E-state index in [0.717, 1.165) is 25.9 Å². The second kappa shape index (κ2) is 5.19. The highest BCUT2D eigenvalue weighted by atomic mass is 16.2. The number of unbranched alkanes of at least 4 members (excludes halogenated alkanes) is 1. The predicted octanol–water partition coefficient (Wildman–Crippen LogP) is -0.467. The highest BCUT2D eigenvalue weighted by molar-refractivity contribution is 5.78.